The molecule has 1 aromatic heterocycles. The van der Waals surface area contributed by atoms with Gasteiger partial charge in [-0.05, 0) is 50.2 Å². The van der Waals surface area contributed by atoms with Crippen LogP contribution in [0.25, 0.3) is 10.9 Å². The molecule has 1 saturated heterocycles. The van der Waals surface area contributed by atoms with Crippen molar-refractivity contribution in [2.45, 2.75) is 32.4 Å². The fraction of sp³-hybridized carbons (Fsp3) is 0.375. The van der Waals surface area contributed by atoms with Crippen LogP contribution >= 0.6 is 0 Å². The Morgan fingerprint density at radius 2 is 1.72 bits per heavy atom. The number of amides is 1. The molecule has 0 unspecified atom stereocenters. The Labute approximate surface area is 187 Å². The number of benzene rings is 2. The van der Waals surface area contributed by atoms with E-state index in [0.717, 1.165) is 36.8 Å². The largest absolute Gasteiger partial charge is 0.493 e. The van der Waals surface area contributed by atoms with Gasteiger partial charge in [-0.25, -0.2) is 0 Å². The Morgan fingerprint density at radius 1 is 1.00 bits per heavy atom. The molecule has 2 heterocycles. The van der Waals surface area contributed by atoms with Crippen LogP contribution in [-0.4, -0.2) is 47.8 Å². The molecule has 0 radical (unpaired) electrons. The van der Waals surface area contributed by atoms with Crippen LogP contribution in [0.5, 0.6) is 17.4 Å². The molecule has 1 N–H and O–H groups in total. The van der Waals surface area contributed by atoms with Gasteiger partial charge >= 0.3 is 0 Å². The van der Waals surface area contributed by atoms with Crippen molar-refractivity contribution in [1.29, 1.82) is 0 Å². The number of carbonyl (C=O) groups is 1. The van der Waals surface area contributed by atoms with Crippen LogP contribution in [0.15, 0.2) is 52.7 Å². The van der Waals surface area contributed by atoms with Crippen LogP contribution in [0.2, 0.25) is 0 Å². The van der Waals surface area contributed by atoms with Crippen LogP contribution in [0, 0.1) is 0 Å². The summed E-state index contributed by atoms with van der Waals surface area (Å²) in [6.45, 7) is 2.58. The van der Waals surface area contributed by atoms with E-state index in [9.17, 15) is 9.90 Å². The Kier molecular flexibility index (Phi) is 6.70. The number of methoxy groups -OCH3 is 2. The van der Waals surface area contributed by atoms with Crippen LogP contribution in [-0.2, 0) is 6.67 Å². The van der Waals surface area contributed by atoms with Crippen LogP contribution in [0.1, 0.15) is 36.0 Å². The van der Waals surface area contributed by atoms with Gasteiger partial charge in [-0.1, -0.05) is 31.0 Å². The maximum absolute atomic E-state index is 12.6. The molecular weight excluding hydrogens is 408 g/mol. The second kappa shape index (κ2) is 9.82. The zero-order valence-electron chi connectivity index (χ0n) is 18.5. The second-order valence-corrected chi connectivity index (χ2v) is 7.87. The Hall–Kier alpha value is -3.39. The smallest absolute Gasteiger partial charge is 0.295 e. The second-order valence-electron chi connectivity index (χ2n) is 7.87. The number of rotatable bonds is 6. The fourth-order valence-corrected chi connectivity index (χ4v) is 4.11. The van der Waals surface area contributed by atoms with E-state index in [2.05, 4.69) is 15.1 Å². The zero-order valence-corrected chi connectivity index (χ0v) is 18.5. The number of azo groups is 1. The molecule has 3 aromatic rings. The van der Waals surface area contributed by atoms with E-state index < -0.39 is 5.91 Å². The number of carbonyl (C=O) groups excluding carboxylic acids is 1. The molecule has 1 aliphatic heterocycles. The molecule has 8 nitrogen and oxygen atoms in total. The molecule has 4 rings (SSSR count). The first-order valence-electron chi connectivity index (χ1n) is 10.8. The number of fused-ring (bicyclic) bond motifs is 1. The molecule has 0 spiro atoms. The minimum absolute atomic E-state index is 0.0132. The molecule has 1 fully saturated rings. The lowest BCUT2D eigenvalue weighted by Gasteiger charge is -2.21. The van der Waals surface area contributed by atoms with Gasteiger partial charge in [0.25, 0.3) is 5.91 Å². The highest BCUT2D eigenvalue weighted by molar-refractivity contribution is 5.97. The van der Waals surface area contributed by atoms with E-state index in [1.165, 1.54) is 27.1 Å². The first-order valence-corrected chi connectivity index (χ1v) is 10.8. The SMILES string of the molecule is COc1ccc(C(=O)N=Nc2c(O)n(CN3CCCCCC3)c3ccccc23)cc1OC. The van der Waals surface area contributed by atoms with Crippen molar-refractivity contribution >= 4 is 22.5 Å². The predicted molar refractivity (Wildman–Crippen MR) is 122 cm³/mol. The third-order valence-electron chi connectivity index (χ3n) is 5.83. The number of para-hydroxylation sites is 1. The maximum atomic E-state index is 12.6. The normalized spacial score (nSPS) is 15.2. The van der Waals surface area contributed by atoms with E-state index in [4.69, 9.17) is 9.47 Å². The number of ether oxygens (including phenoxy) is 2. The van der Waals surface area contributed by atoms with E-state index in [-0.39, 0.29) is 5.88 Å². The summed E-state index contributed by atoms with van der Waals surface area (Å²) >= 11 is 0. The average molecular weight is 437 g/mol. The number of hydrogen-bond acceptors (Lipinski definition) is 6. The molecule has 168 valence electrons. The van der Waals surface area contributed by atoms with E-state index >= 15 is 0 Å². The standard InChI is InChI=1S/C24H28N4O4/c1-31-20-12-11-17(15-21(20)32-2)23(29)26-25-22-18-9-5-6-10-19(18)28(24(22)30)16-27-13-7-3-4-8-14-27/h5-6,9-12,15,30H,3-4,7-8,13-14,16H2,1-2H3. The zero-order chi connectivity index (χ0) is 22.5. The summed E-state index contributed by atoms with van der Waals surface area (Å²) in [5.74, 6) is 0.440. The number of nitrogens with zero attached hydrogens (tertiary/aromatic N) is 4. The third kappa shape index (κ3) is 4.45. The van der Waals surface area contributed by atoms with Crippen molar-refractivity contribution in [3.63, 3.8) is 0 Å². The molecule has 0 atom stereocenters. The highest BCUT2D eigenvalue weighted by Gasteiger charge is 2.20. The summed E-state index contributed by atoms with van der Waals surface area (Å²) in [6.07, 6.45) is 4.80. The third-order valence-corrected chi connectivity index (χ3v) is 5.83. The van der Waals surface area contributed by atoms with E-state index in [1.54, 1.807) is 18.2 Å². The Morgan fingerprint density at radius 3 is 2.44 bits per heavy atom. The summed E-state index contributed by atoms with van der Waals surface area (Å²) in [5.41, 5.74) is 1.48. The van der Waals surface area contributed by atoms with Gasteiger partial charge in [0.1, 0.15) is 0 Å². The minimum Gasteiger partial charge on any atom is -0.493 e. The van der Waals surface area contributed by atoms with Gasteiger partial charge < -0.3 is 14.6 Å². The van der Waals surface area contributed by atoms with Gasteiger partial charge in [0.2, 0.25) is 5.88 Å². The molecule has 32 heavy (non-hydrogen) atoms. The van der Waals surface area contributed by atoms with Gasteiger partial charge in [0.15, 0.2) is 17.2 Å². The summed E-state index contributed by atoms with van der Waals surface area (Å²) in [4.78, 5) is 15.0. The number of hydrogen-bond donors (Lipinski definition) is 1. The Balaban J connectivity index is 1.63. The number of aromatic hydroxyl groups is 1. The maximum Gasteiger partial charge on any atom is 0.295 e. The minimum atomic E-state index is -0.533. The molecular formula is C24H28N4O4. The van der Waals surface area contributed by atoms with Gasteiger partial charge in [-0.3, -0.25) is 14.3 Å². The monoisotopic (exact) mass is 436 g/mol. The van der Waals surface area contributed by atoms with Gasteiger partial charge in [0, 0.05) is 10.9 Å². The molecule has 0 saturated carbocycles. The number of likely N-dealkylation sites (tertiary alicyclic amines) is 1. The van der Waals surface area contributed by atoms with Crippen LogP contribution in [0.3, 0.4) is 0 Å². The van der Waals surface area contributed by atoms with Crippen molar-refractivity contribution in [3.8, 4) is 17.4 Å². The van der Waals surface area contributed by atoms with Crippen LogP contribution in [0.4, 0.5) is 5.69 Å². The van der Waals surface area contributed by atoms with Gasteiger partial charge in [-0.15, -0.1) is 10.2 Å². The van der Waals surface area contributed by atoms with E-state index in [1.807, 2.05) is 28.8 Å². The van der Waals surface area contributed by atoms with Gasteiger partial charge in [0.05, 0.1) is 26.4 Å². The lowest BCUT2D eigenvalue weighted by molar-refractivity contribution is 0.0994. The first kappa shape index (κ1) is 21.8. The highest BCUT2D eigenvalue weighted by Crippen LogP contribution is 2.39. The van der Waals surface area contributed by atoms with Crippen molar-refractivity contribution in [1.82, 2.24) is 9.47 Å². The molecule has 0 bridgehead atoms. The molecule has 1 aliphatic rings. The summed E-state index contributed by atoms with van der Waals surface area (Å²) < 4.78 is 12.3. The van der Waals surface area contributed by atoms with Crippen molar-refractivity contribution in [3.05, 3.63) is 48.0 Å². The highest BCUT2D eigenvalue weighted by atomic mass is 16.5. The summed E-state index contributed by atoms with van der Waals surface area (Å²) in [6, 6.07) is 12.4. The molecule has 8 heteroatoms. The van der Waals surface area contributed by atoms with Crippen LogP contribution < -0.4 is 9.47 Å². The molecule has 0 aliphatic carbocycles. The average Bonchev–Trinajstić information content (AvgIpc) is 2.97. The van der Waals surface area contributed by atoms with Crippen molar-refractivity contribution < 1.29 is 19.4 Å². The van der Waals surface area contributed by atoms with E-state index in [0.29, 0.717) is 29.4 Å². The quantitative estimate of drug-likeness (QED) is 0.542. The van der Waals surface area contributed by atoms with Crippen molar-refractivity contribution in [2.24, 2.45) is 10.2 Å². The Bertz CT molecular complexity index is 1130. The number of aromatic nitrogens is 1. The van der Waals surface area contributed by atoms with Crippen molar-refractivity contribution in [2.75, 3.05) is 27.3 Å². The topological polar surface area (TPSA) is 88.7 Å². The summed E-state index contributed by atoms with van der Waals surface area (Å²) in [5, 5.41) is 19.8. The first-order chi connectivity index (χ1) is 15.6. The molecule has 2 aromatic carbocycles. The molecule has 1 amide bonds. The lowest BCUT2D eigenvalue weighted by atomic mass is 10.2. The summed E-state index contributed by atoms with van der Waals surface area (Å²) in [7, 11) is 3.04. The lowest BCUT2D eigenvalue weighted by Crippen LogP contribution is -2.27. The fourth-order valence-electron chi connectivity index (χ4n) is 4.11. The predicted octanol–water partition coefficient (Wildman–Crippen LogP) is 5.12. The van der Waals surface area contributed by atoms with Gasteiger partial charge in [-0.2, -0.15) is 0 Å².